The Kier molecular flexibility index (Phi) is 2.96. The normalized spacial score (nSPS) is 15.6. The molecule has 0 unspecified atom stereocenters. The summed E-state index contributed by atoms with van der Waals surface area (Å²) >= 11 is 0. The molecule has 0 aromatic heterocycles. The van der Waals surface area contributed by atoms with Crippen LogP contribution >= 0.6 is 0 Å². The van der Waals surface area contributed by atoms with E-state index in [-0.39, 0.29) is 0 Å². The summed E-state index contributed by atoms with van der Waals surface area (Å²) < 4.78 is 0. The van der Waals surface area contributed by atoms with Crippen molar-refractivity contribution >= 4 is 0 Å². The molecule has 0 bridgehead atoms. The molecule has 0 spiro atoms. The van der Waals surface area contributed by atoms with Crippen molar-refractivity contribution in [1.82, 2.24) is 5.32 Å². The zero-order chi connectivity index (χ0) is 10.8. The molecule has 0 saturated heterocycles. The van der Waals surface area contributed by atoms with Crippen LogP contribution in [0.5, 0.6) is 5.75 Å². The van der Waals surface area contributed by atoms with E-state index in [1.165, 1.54) is 18.4 Å². The molecule has 0 atom stereocenters. The highest BCUT2D eigenvalue weighted by atomic mass is 16.3. The highest BCUT2D eigenvalue weighted by Gasteiger charge is 2.19. The molecule has 2 rings (SSSR count). The number of phenols is 1. The molecule has 82 valence electrons. The van der Waals surface area contributed by atoms with Crippen molar-refractivity contribution in [2.75, 3.05) is 6.54 Å². The van der Waals surface area contributed by atoms with E-state index in [0.29, 0.717) is 5.75 Å². The Labute approximate surface area is 91.3 Å². The van der Waals surface area contributed by atoms with Gasteiger partial charge in [0.15, 0.2) is 0 Å². The second-order valence-electron chi connectivity index (χ2n) is 4.56. The van der Waals surface area contributed by atoms with Crippen LogP contribution in [0.3, 0.4) is 0 Å². The van der Waals surface area contributed by atoms with E-state index >= 15 is 0 Å². The van der Waals surface area contributed by atoms with Gasteiger partial charge in [0.25, 0.3) is 0 Å². The average molecular weight is 205 g/mol. The maximum absolute atomic E-state index is 9.64. The van der Waals surface area contributed by atoms with Crippen molar-refractivity contribution in [3.05, 3.63) is 28.8 Å². The van der Waals surface area contributed by atoms with Gasteiger partial charge in [-0.25, -0.2) is 0 Å². The van der Waals surface area contributed by atoms with Gasteiger partial charge in [-0.1, -0.05) is 12.1 Å². The average Bonchev–Trinajstić information content (AvgIpc) is 2.98. The first-order valence-electron chi connectivity index (χ1n) is 5.69. The largest absolute Gasteiger partial charge is 0.507 e. The molecule has 15 heavy (non-hydrogen) atoms. The Morgan fingerprint density at radius 1 is 1.27 bits per heavy atom. The van der Waals surface area contributed by atoms with Crippen LogP contribution in [-0.2, 0) is 6.42 Å². The minimum Gasteiger partial charge on any atom is -0.507 e. The van der Waals surface area contributed by atoms with Gasteiger partial charge in [-0.15, -0.1) is 0 Å². The number of aromatic hydroxyl groups is 1. The van der Waals surface area contributed by atoms with Crippen molar-refractivity contribution < 1.29 is 5.11 Å². The smallest absolute Gasteiger partial charge is 0.121 e. The summed E-state index contributed by atoms with van der Waals surface area (Å²) in [6, 6.07) is 4.94. The van der Waals surface area contributed by atoms with Gasteiger partial charge in [-0.2, -0.15) is 0 Å². The lowest BCUT2D eigenvalue weighted by atomic mass is 10.0. The molecule has 1 aliphatic rings. The SMILES string of the molecule is Cc1cc(CCNC2CC2)cc(C)c1O. The van der Waals surface area contributed by atoms with E-state index in [1.807, 2.05) is 13.8 Å². The van der Waals surface area contributed by atoms with E-state index in [4.69, 9.17) is 0 Å². The van der Waals surface area contributed by atoms with Crippen molar-refractivity contribution in [1.29, 1.82) is 0 Å². The number of hydrogen-bond acceptors (Lipinski definition) is 2. The van der Waals surface area contributed by atoms with Gasteiger partial charge in [0.2, 0.25) is 0 Å². The molecule has 1 aromatic carbocycles. The van der Waals surface area contributed by atoms with E-state index in [9.17, 15) is 5.11 Å². The first-order valence-corrected chi connectivity index (χ1v) is 5.69. The van der Waals surface area contributed by atoms with Crippen LogP contribution in [0.2, 0.25) is 0 Å². The topological polar surface area (TPSA) is 32.3 Å². The first kappa shape index (κ1) is 10.5. The molecular weight excluding hydrogens is 186 g/mol. The lowest BCUT2D eigenvalue weighted by Gasteiger charge is -2.08. The zero-order valence-corrected chi connectivity index (χ0v) is 9.51. The molecule has 1 saturated carbocycles. The summed E-state index contributed by atoms with van der Waals surface area (Å²) in [6.45, 7) is 4.97. The fourth-order valence-electron chi connectivity index (χ4n) is 1.90. The van der Waals surface area contributed by atoms with E-state index < -0.39 is 0 Å². The lowest BCUT2D eigenvalue weighted by molar-refractivity contribution is 0.466. The first-order chi connectivity index (χ1) is 7.16. The van der Waals surface area contributed by atoms with Gasteiger partial charge < -0.3 is 10.4 Å². The molecule has 1 aliphatic carbocycles. The fourth-order valence-corrected chi connectivity index (χ4v) is 1.90. The van der Waals surface area contributed by atoms with E-state index in [2.05, 4.69) is 17.4 Å². The molecule has 1 aromatic rings. The third-order valence-electron chi connectivity index (χ3n) is 2.97. The Hall–Kier alpha value is -1.02. The van der Waals surface area contributed by atoms with Crippen LogP contribution in [0, 0.1) is 13.8 Å². The number of benzene rings is 1. The van der Waals surface area contributed by atoms with Gasteiger partial charge in [-0.05, 0) is 56.3 Å². The summed E-state index contributed by atoms with van der Waals surface area (Å²) in [5.74, 6) is 0.439. The maximum Gasteiger partial charge on any atom is 0.121 e. The Balaban J connectivity index is 1.94. The third-order valence-corrected chi connectivity index (χ3v) is 2.97. The summed E-state index contributed by atoms with van der Waals surface area (Å²) in [6.07, 6.45) is 3.74. The maximum atomic E-state index is 9.64. The molecule has 0 aliphatic heterocycles. The highest BCUT2D eigenvalue weighted by Crippen LogP contribution is 2.23. The van der Waals surface area contributed by atoms with Crippen LogP contribution in [0.15, 0.2) is 12.1 Å². The van der Waals surface area contributed by atoms with Crippen LogP contribution in [0.1, 0.15) is 29.5 Å². The third kappa shape index (κ3) is 2.72. The molecule has 0 amide bonds. The number of nitrogens with one attached hydrogen (secondary N) is 1. The van der Waals surface area contributed by atoms with Crippen LogP contribution < -0.4 is 5.32 Å². The fraction of sp³-hybridized carbons (Fsp3) is 0.538. The molecule has 1 fully saturated rings. The van der Waals surface area contributed by atoms with Gasteiger partial charge in [-0.3, -0.25) is 0 Å². The van der Waals surface area contributed by atoms with Gasteiger partial charge in [0, 0.05) is 6.04 Å². The van der Waals surface area contributed by atoms with Crippen LogP contribution in [-0.4, -0.2) is 17.7 Å². The van der Waals surface area contributed by atoms with Crippen LogP contribution in [0.25, 0.3) is 0 Å². The minimum atomic E-state index is 0.439. The highest BCUT2D eigenvalue weighted by molar-refractivity contribution is 5.42. The predicted octanol–water partition coefficient (Wildman–Crippen LogP) is 2.30. The Morgan fingerprint density at radius 3 is 2.40 bits per heavy atom. The summed E-state index contributed by atoms with van der Waals surface area (Å²) in [5, 5.41) is 13.1. The van der Waals surface area contributed by atoms with Gasteiger partial charge in [0.05, 0.1) is 0 Å². The molecule has 2 nitrogen and oxygen atoms in total. The second-order valence-corrected chi connectivity index (χ2v) is 4.56. The van der Waals surface area contributed by atoms with Crippen LogP contribution in [0.4, 0.5) is 0 Å². The minimum absolute atomic E-state index is 0.439. The molecule has 2 N–H and O–H groups in total. The summed E-state index contributed by atoms with van der Waals surface area (Å²) in [7, 11) is 0. The van der Waals surface area contributed by atoms with Crippen molar-refractivity contribution in [3.8, 4) is 5.75 Å². The van der Waals surface area contributed by atoms with E-state index in [1.54, 1.807) is 0 Å². The van der Waals surface area contributed by atoms with Gasteiger partial charge in [0.1, 0.15) is 5.75 Å². The number of rotatable bonds is 4. The summed E-state index contributed by atoms with van der Waals surface area (Å²) in [5.41, 5.74) is 3.28. The Bertz CT molecular complexity index is 333. The van der Waals surface area contributed by atoms with E-state index in [0.717, 1.165) is 30.1 Å². The number of hydrogen-bond donors (Lipinski definition) is 2. The number of aryl methyl sites for hydroxylation is 2. The van der Waals surface area contributed by atoms with Gasteiger partial charge >= 0.3 is 0 Å². The molecule has 0 radical (unpaired) electrons. The zero-order valence-electron chi connectivity index (χ0n) is 9.51. The summed E-state index contributed by atoms with van der Waals surface area (Å²) in [4.78, 5) is 0. The Morgan fingerprint density at radius 2 is 1.87 bits per heavy atom. The molecule has 0 heterocycles. The monoisotopic (exact) mass is 205 g/mol. The van der Waals surface area contributed by atoms with Crippen molar-refractivity contribution in [2.24, 2.45) is 0 Å². The molecular formula is C13H19NO. The quantitative estimate of drug-likeness (QED) is 0.790. The second kappa shape index (κ2) is 4.23. The predicted molar refractivity (Wildman–Crippen MR) is 62.3 cm³/mol. The lowest BCUT2D eigenvalue weighted by Crippen LogP contribution is -2.19. The standard InChI is InChI=1S/C13H19NO/c1-9-7-11(8-10(2)13(9)15)5-6-14-12-3-4-12/h7-8,12,14-15H,3-6H2,1-2H3. The molecule has 2 heteroatoms. The van der Waals surface area contributed by atoms with Crippen molar-refractivity contribution in [2.45, 2.75) is 39.2 Å². The number of phenolic OH excluding ortho intramolecular Hbond substituents is 1. The van der Waals surface area contributed by atoms with Crippen molar-refractivity contribution in [3.63, 3.8) is 0 Å².